The van der Waals surface area contributed by atoms with Crippen molar-refractivity contribution >= 4 is 5.91 Å². The van der Waals surface area contributed by atoms with E-state index in [-0.39, 0.29) is 5.92 Å². The molecule has 1 aromatic heterocycles. The largest absolute Gasteiger partial charge is 0.381 e. The molecule has 4 heterocycles. The summed E-state index contributed by atoms with van der Waals surface area (Å²) < 4.78 is 5.39. The molecule has 3 saturated heterocycles. The Hall–Kier alpha value is -1.46. The summed E-state index contributed by atoms with van der Waals surface area (Å²) in [6.45, 7) is 6.48. The van der Waals surface area contributed by atoms with Crippen molar-refractivity contribution < 1.29 is 9.53 Å². The van der Waals surface area contributed by atoms with Gasteiger partial charge in [-0.1, -0.05) is 6.07 Å². The Morgan fingerprint density at radius 1 is 1.24 bits per heavy atom. The highest BCUT2D eigenvalue weighted by molar-refractivity contribution is 5.79. The van der Waals surface area contributed by atoms with Gasteiger partial charge in [0, 0.05) is 39.0 Å². The van der Waals surface area contributed by atoms with Crippen molar-refractivity contribution in [1.29, 1.82) is 0 Å². The Labute approximate surface area is 150 Å². The number of hydrogen-bond acceptors (Lipinski definition) is 4. The Morgan fingerprint density at radius 2 is 2.12 bits per heavy atom. The molecule has 0 N–H and O–H groups in total. The lowest BCUT2D eigenvalue weighted by Gasteiger charge is -2.48. The molecule has 0 saturated carbocycles. The van der Waals surface area contributed by atoms with Crippen LogP contribution < -0.4 is 0 Å². The second-order valence-electron chi connectivity index (χ2n) is 8.02. The minimum atomic E-state index is 0.112. The van der Waals surface area contributed by atoms with Crippen molar-refractivity contribution in [1.82, 2.24) is 14.8 Å². The highest BCUT2D eigenvalue weighted by Gasteiger charge is 2.40. The summed E-state index contributed by atoms with van der Waals surface area (Å²) >= 11 is 0. The smallest absolute Gasteiger partial charge is 0.228 e. The fourth-order valence-electron chi connectivity index (χ4n) is 4.76. The Bertz CT molecular complexity index is 578. The Kier molecular flexibility index (Phi) is 5.04. The van der Waals surface area contributed by atoms with E-state index < -0.39 is 0 Å². The molecule has 3 fully saturated rings. The number of ether oxygens (including phenoxy) is 1. The van der Waals surface area contributed by atoms with Gasteiger partial charge in [-0.3, -0.25) is 14.7 Å². The fraction of sp³-hybridized carbons (Fsp3) is 0.700. The maximum atomic E-state index is 12.6. The summed E-state index contributed by atoms with van der Waals surface area (Å²) in [5.74, 6) is 0.439. The van der Waals surface area contributed by atoms with Crippen LogP contribution in [0.3, 0.4) is 0 Å². The molecule has 3 aliphatic heterocycles. The number of amides is 1. The molecule has 0 unspecified atom stereocenters. The topological polar surface area (TPSA) is 45.7 Å². The van der Waals surface area contributed by atoms with Crippen molar-refractivity contribution in [3.63, 3.8) is 0 Å². The highest BCUT2D eigenvalue weighted by Crippen LogP contribution is 2.40. The molecular weight excluding hydrogens is 314 g/mol. The van der Waals surface area contributed by atoms with Gasteiger partial charge >= 0.3 is 0 Å². The predicted molar refractivity (Wildman–Crippen MR) is 95.9 cm³/mol. The minimum Gasteiger partial charge on any atom is -0.381 e. The average molecular weight is 343 g/mol. The summed E-state index contributed by atoms with van der Waals surface area (Å²) in [6, 6.07) is 6.16. The van der Waals surface area contributed by atoms with Gasteiger partial charge in [-0.2, -0.15) is 0 Å². The predicted octanol–water partition coefficient (Wildman–Crippen LogP) is 2.32. The van der Waals surface area contributed by atoms with E-state index >= 15 is 0 Å². The SMILES string of the molecule is O=C([C@H]1CCOC1)N1CCC2(CCCN(Cc3ccccn3)C2)CC1. The minimum absolute atomic E-state index is 0.112. The zero-order valence-corrected chi connectivity index (χ0v) is 15.0. The maximum Gasteiger partial charge on any atom is 0.228 e. The van der Waals surface area contributed by atoms with Gasteiger partial charge in [0.15, 0.2) is 0 Å². The van der Waals surface area contributed by atoms with Crippen molar-refractivity contribution in [2.75, 3.05) is 39.4 Å². The lowest BCUT2D eigenvalue weighted by atomic mass is 9.72. The van der Waals surface area contributed by atoms with Crippen LogP contribution in [-0.4, -0.2) is 60.1 Å². The van der Waals surface area contributed by atoms with Gasteiger partial charge in [-0.15, -0.1) is 0 Å². The monoisotopic (exact) mass is 343 g/mol. The normalized spacial score (nSPS) is 26.9. The third-order valence-corrected chi connectivity index (χ3v) is 6.27. The van der Waals surface area contributed by atoms with E-state index in [1.165, 1.54) is 19.4 Å². The first-order valence-electron chi connectivity index (χ1n) is 9.73. The summed E-state index contributed by atoms with van der Waals surface area (Å²) in [5, 5.41) is 0. The van der Waals surface area contributed by atoms with E-state index in [1.807, 2.05) is 12.3 Å². The second kappa shape index (κ2) is 7.42. The number of piperidine rings is 2. The number of carbonyl (C=O) groups excluding carboxylic acids is 1. The number of hydrogen-bond donors (Lipinski definition) is 0. The molecule has 0 aliphatic carbocycles. The number of pyridine rings is 1. The molecule has 5 nitrogen and oxygen atoms in total. The first kappa shape index (κ1) is 17.0. The van der Waals surface area contributed by atoms with Crippen LogP contribution in [-0.2, 0) is 16.1 Å². The molecule has 1 atom stereocenters. The Balaban J connectivity index is 1.33. The van der Waals surface area contributed by atoms with E-state index in [0.717, 1.165) is 57.7 Å². The number of nitrogens with zero attached hydrogens (tertiary/aromatic N) is 3. The molecule has 5 heteroatoms. The van der Waals surface area contributed by atoms with Gasteiger partial charge < -0.3 is 9.64 Å². The molecule has 0 bridgehead atoms. The first-order valence-corrected chi connectivity index (χ1v) is 9.73. The van der Waals surface area contributed by atoms with Gasteiger partial charge in [0.2, 0.25) is 5.91 Å². The van der Waals surface area contributed by atoms with Crippen LogP contribution in [0.1, 0.15) is 37.8 Å². The third kappa shape index (κ3) is 3.87. The second-order valence-corrected chi connectivity index (χ2v) is 8.02. The van der Waals surface area contributed by atoms with Gasteiger partial charge in [-0.25, -0.2) is 0 Å². The van der Waals surface area contributed by atoms with Crippen LogP contribution in [0.4, 0.5) is 0 Å². The van der Waals surface area contributed by atoms with Crippen LogP contribution in [0.5, 0.6) is 0 Å². The van der Waals surface area contributed by atoms with Crippen molar-refractivity contribution in [2.45, 2.75) is 38.6 Å². The van der Waals surface area contributed by atoms with Gasteiger partial charge in [0.05, 0.1) is 18.2 Å². The maximum absolute atomic E-state index is 12.6. The van der Waals surface area contributed by atoms with Crippen LogP contribution in [0, 0.1) is 11.3 Å². The Morgan fingerprint density at radius 3 is 2.84 bits per heavy atom. The number of likely N-dealkylation sites (tertiary alicyclic amines) is 2. The van der Waals surface area contributed by atoms with Gasteiger partial charge in [0.1, 0.15) is 0 Å². The molecule has 4 rings (SSSR count). The fourth-order valence-corrected chi connectivity index (χ4v) is 4.76. The number of carbonyl (C=O) groups is 1. The molecule has 1 spiro atoms. The summed E-state index contributed by atoms with van der Waals surface area (Å²) in [7, 11) is 0. The first-order chi connectivity index (χ1) is 12.2. The van der Waals surface area contributed by atoms with E-state index in [0.29, 0.717) is 17.9 Å². The zero-order chi connectivity index (χ0) is 17.1. The van der Waals surface area contributed by atoms with Crippen LogP contribution >= 0.6 is 0 Å². The number of rotatable bonds is 3. The zero-order valence-electron chi connectivity index (χ0n) is 15.0. The van der Waals surface area contributed by atoms with Crippen molar-refractivity contribution in [3.05, 3.63) is 30.1 Å². The van der Waals surface area contributed by atoms with Crippen molar-refractivity contribution in [2.24, 2.45) is 11.3 Å². The highest BCUT2D eigenvalue weighted by atomic mass is 16.5. The van der Waals surface area contributed by atoms with E-state index in [4.69, 9.17) is 4.74 Å². The molecule has 25 heavy (non-hydrogen) atoms. The molecule has 0 radical (unpaired) electrons. The quantitative estimate of drug-likeness (QED) is 0.845. The van der Waals surface area contributed by atoms with E-state index in [9.17, 15) is 4.79 Å². The lowest BCUT2D eigenvalue weighted by molar-refractivity contribution is -0.138. The summed E-state index contributed by atoms with van der Waals surface area (Å²) in [6.07, 6.45) is 7.64. The number of aromatic nitrogens is 1. The lowest BCUT2D eigenvalue weighted by Crippen LogP contribution is -2.51. The molecule has 0 aromatic carbocycles. The van der Waals surface area contributed by atoms with E-state index in [1.54, 1.807) is 0 Å². The molecule has 3 aliphatic rings. The standard InChI is InChI=1S/C20H29N3O2/c24-19(17-5-13-25-15-17)23-11-7-20(8-12-23)6-3-10-22(16-20)14-18-4-1-2-9-21-18/h1-2,4,9,17H,3,5-8,10-16H2/t17-/m0/s1. The van der Waals surface area contributed by atoms with Gasteiger partial charge in [-0.05, 0) is 56.2 Å². The summed E-state index contributed by atoms with van der Waals surface area (Å²) in [5.41, 5.74) is 1.56. The molecular formula is C20H29N3O2. The molecule has 1 aromatic rings. The van der Waals surface area contributed by atoms with E-state index in [2.05, 4.69) is 26.9 Å². The van der Waals surface area contributed by atoms with Crippen LogP contribution in [0.25, 0.3) is 0 Å². The third-order valence-electron chi connectivity index (χ3n) is 6.27. The van der Waals surface area contributed by atoms with Crippen molar-refractivity contribution in [3.8, 4) is 0 Å². The molecule has 1 amide bonds. The van der Waals surface area contributed by atoms with Crippen LogP contribution in [0.2, 0.25) is 0 Å². The molecule has 136 valence electrons. The van der Waals surface area contributed by atoms with Gasteiger partial charge in [0.25, 0.3) is 0 Å². The van der Waals surface area contributed by atoms with Crippen LogP contribution in [0.15, 0.2) is 24.4 Å². The summed E-state index contributed by atoms with van der Waals surface area (Å²) in [4.78, 5) is 21.7. The average Bonchev–Trinajstić information content (AvgIpc) is 3.18.